The van der Waals surface area contributed by atoms with Crippen molar-refractivity contribution in [3.63, 3.8) is 0 Å². The number of unbranched alkanes of at least 4 members (excludes halogenated alkanes) is 9. The molecule has 0 radical (unpaired) electrons. The van der Waals surface area contributed by atoms with E-state index in [0.717, 1.165) is 13.1 Å². The molecule has 0 rings (SSSR count). The Balaban J connectivity index is 0. The third-order valence-electron chi connectivity index (χ3n) is 3.00. The average molecular weight is 259 g/mol. The van der Waals surface area contributed by atoms with Gasteiger partial charge in [0.05, 0.1) is 6.61 Å². The maximum atomic E-state index is 8.57. The van der Waals surface area contributed by atoms with Gasteiger partial charge in [-0.15, -0.1) is 0 Å². The van der Waals surface area contributed by atoms with E-state index in [1.807, 2.05) is 13.8 Å². The molecule has 0 spiro atoms. The predicted molar refractivity (Wildman–Crippen MR) is 83.1 cm³/mol. The standard InChI is InChI=1S/C14H31NO.C2H6/c1-2-3-4-5-6-7-8-9-10-11-12-15-13-14-16;1-2/h15-16H,2-14H2,1H3;1-2H3. The maximum absolute atomic E-state index is 8.57. The number of aliphatic hydroxyl groups is 1. The Bertz CT molecular complexity index is 104. The van der Waals surface area contributed by atoms with Crippen LogP contribution in [0.3, 0.4) is 0 Å². The van der Waals surface area contributed by atoms with Crippen LogP contribution in [0.1, 0.15) is 85.0 Å². The van der Waals surface area contributed by atoms with Crippen LogP contribution in [0.2, 0.25) is 0 Å². The van der Waals surface area contributed by atoms with Crippen molar-refractivity contribution in [3.05, 3.63) is 0 Å². The van der Waals surface area contributed by atoms with E-state index in [4.69, 9.17) is 5.11 Å². The molecule has 0 saturated carbocycles. The smallest absolute Gasteiger partial charge is 0.0555 e. The van der Waals surface area contributed by atoms with Crippen molar-refractivity contribution >= 4 is 0 Å². The molecule has 0 aromatic heterocycles. The van der Waals surface area contributed by atoms with E-state index in [0.29, 0.717) is 0 Å². The molecule has 18 heavy (non-hydrogen) atoms. The highest BCUT2D eigenvalue weighted by Crippen LogP contribution is 2.10. The third-order valence-corrected chi connectivity index (χ3v) is 3.00. The number of aliphatic hydroxyl groups excluding tert-OH is 1. The fourth-order valence-electron chi connectivity index (χ4n) is 1.94. The second-order valence-electron chi connectivity index (χ2n) is 4.66. The summed E-state index contributed by atoms with van der Waals surface area (Å²) in [6.45, 7) is 8.34. The molecule has 0 aliphatic heterocycles. The molecule has 0 atom stereocenters. The molecule has 0 heterocycles. The molecule has 0 amide bonds. The highest BCUT2D eigenvalue weighted by Gasteiger charge is 1.92. The first-order valence-electron chi connectivity index (χ1n) is 8.23. The Labute approximate surface area is 116 Å². The lowest BCUT2D eigenvalue weighted by atomic mass is 10.1. The van der Waals surface area contributed by atoms with Gasteiger partial charge in [-0.3, -0.25) is 0 Å². The van der Waals surface area contributed by atoms with Gasteiger partial charge in [0.1, 0.15) is 0 Å². The second kappa shape index (κ2) is 22.1. The first kappa shape index (κ1) is 20.2. The van der Waals surface area contributed by atoms with E-state index in [9.17, 15) is 0 Å². The average Bonchev–Trinajstić information content (AvgIpc) is 2.42. The predicted octanol–water partition coefficient (Wildman–Crippen LogP) is 4.52. The zero-order valence-corrected chi connectivity index (χ0v) is 13.1. The summed E-state index contributed by atoms with van der Waals surface area (Å²) < 4.78 is 0. The highest BCUT2D eigenvalue weighted by atomic mass is 16.3. The minimum absolute atomic E-state index is 0.262. The number of rotatable bonds is 13. The van der Waals surface area contributed by atoms with Gasteiger partial charge in [-0.1, -0.05) is 78.6 Å². The monoisotopic (exact) mass is 259 g/mol. The van der Waals surface area contributed by atoms with E-state index in [1.165, 1.54) is 64.2 Å². The van der Waals surface area contributed by atoms with Gasteiger partial charge in [0.15, 0.2) is 0 Å². The van der Waals surface area contributed by atoms with Gasteiger partial charge >= 0.3 is 0 Å². The highest BCUT2D eigenvalue weighted by molar-refractivity contribution is 4.50. The Morgan fingerprint density at radius 2 is 1.11 bits per heavy atom. The molecule has 0 aromatic rings. The molecule has 0 saturated heterocycles. The van der Waals surface area contributed by atoms with Crippen LogP contribution in [0.5, 0.6) is 0 Å². The van der Waals surface area contributed by atoms with Crippen LogP contribution >= 0.6 is 0 Å². The van der Waals surface area contributed by atoms with Crippen LogP contribution in [-0.4, -0.2) is 24.8 Å². The molecule has 0 aliphatic carbocycles. The molecule has 0 aromatic carbocycles. The van der Waals surface area contributed by atoms with E-state index in [-0.39, 0.29) is 6.61 Å². The molecule has 112 valence electrons. The van der Waals surface area contributed by atoms with Crippen molar-refractivity contribution in [2.75, 3.05) is 19.7 Å². The minimum atomic E-state index is 0.262. The van der Waals surface area contributed by atoms with Gasteiger partial charge in [-0.25, -0.2) is 0 Å². The Morgan fingerprint density at radius 3 is 1.56 bits per heavy atom. The number of nitrogens with one attached hydrogen (secondary N) is 1. The number of hydrogen-bond acceptors (Lipinski definition) is 2. The van der Waals surface area contributed by atoms with E-state index in [2.05, 4.69) is 12.2 Å². The molecule has 0 bridgehead atoms. The van der Waals surface area contributed by atoms with Gasteiger partial charge < -0.3 is 10.4 Å². The molecule has 0 aliphatic rings. The zero-order chi connectivity index (χ0) is 13.9. The van der Waals surface area contributed by atoms with Crippen molar-refractivity contribution in [3.8, 4) is 0 Å². The minimum Gasteiger partial charge on any atom is -0.395 e. The fraction of sp³-hybridized carbons (Fsp3) is 1.00. The lowest BCUT2D eigenvalue weighted by Crippen LogP contribution is -2.19. The Hall–Kier alpha value is -0.0800. The summed E-state index contributed by atoms with van der Waals surface area (Å²) in [5, 5.41) is 11.8. The summed E-state index contributed by atoms with van der Waals surface area (Å²) in [5.74, 6) is 0. The van der Waals surface area contributed by atoms with E-state index >= 15 is 0 Å². The van der Waals surface area contributed by atoms with Crippen molar-refractivity contribution < 1.29 is 5.11 Å². The van der Waals surface area contributed by atoms with Crippen LogP contribution in [0.4, 0.5) is 0 Å². The third kappa shape index (κ3) is 21.2. The normalized spacial score (nSPS) is 10.0. The van der Waals surface area contributed by atoms with Crippen LogP contribution in [0, 0.1) is 0 Å². The van der Waals surface area contributed by atoms with Gasteiger partial charge in [-0.05, 0) is 13.0 Å². The van der Waals surface area contributed by atoms with Gasteiger partial charge in [0, 0.05) is 6.54 Å². The largest absolute Gasteiger partial charge is 0.395 e. The molecule has 2 nitrogen and oxygen atoms in total. The van der Waals surface area contributed by atoms with Gasteiger partial charge in [-0.2, -0.15) is 0 Å². The first-order chi connectivity index (χ1) is 8.91. The molecule has 0 fully saturated rings. The summed E-state index contributed by atoms with van der Waals surface area (Å²) >= 11 is 0. The van der Waals surface area contributed by atoms with Crippen LogP contribution in [0.25, 0.3) is 0 Å². The Morgan fingerprint density at radius 1 is 0.667 bits per heavy atom. The van der Waals surface area contributed by atoms with Crippen molar-refractivity contribution in [2.45, 2.75) is 85.0 Å². The van der Waals surface area contributed by atoms with Crippen molar-refractivity contribution in [2.24, 2.45) is 0 Å². The quantitative estimate of drug-likeness (QED) is 0.477. The van der Waals surface area contributed by atoms with Gasteiger partial charge in [0.25, 0.3) is 0 Å². The zero-order valence-electron chi connectivity index (χ0n) is 13.1. The molecule has 0 unspecified atom stereocenters. The van der Waals surface area contributed by atoms with Crippen molar-refractivity contribution in [1.82, 2.24) is 5.32 Å². The van der Waals surface area contributed by atoms with Crippen LogP contribution in [-0.2, 0) is 0 Å². The summed E-state index contributed by atoms with van der Waals surface area (Å²) in [6.07, 6.45) is 13.9. The lowest BCUT2D eigenvalue weighted by molar-refractivity contribution is 0.292. The molecular formula is C16H37NO. The second-order valence-corrected chi connectivity index (χ2v) is 4.66. The summed E-state index contributed by atoms with van der Waals surface area (Å²) in [6, 6.07) is 0. The molecule has 2 N–H and O–H groups in total. The number of hydrogen-bond donors (Lipinski definition) is 2. The summed E-state index contributed by atoms with van der Waals surface area (Å²) in [7, 11) is 0. The maximum Gasteiger partial charge on any atom is 0.0555 e. The topological polar surface area (TPSA) is 32.3 Å². The van der Waals surface area contributed by atoms with E-state index in [1.54, 1.807) is 0 Å². The van der Waals surface area contributed by atoms with Gasteiger partial charge in [0.2, 0.25) is 0 Å². The van der Waals surface area contributed by atoms with Crippen molar-refractivity contribution in [1.29, 1.82) is 0 Å². The SMILES string of the molecule is CC.CCCCCCCCCCCCNCCO. The lowest BCUT2D eigenvalue weighted by Gasteiger charge is -2.03. The fourth-order valence-corrected chi connectivity index (χ4v) is 1.94. The summed E-state index contributed by atoms with van der Waals surface area (Å²) in [5.41, 5.74) is 0. The van der Waals surface area contributed by atoms with Crippen LogP contribution in [0.15, 0.2) is 0 Å². The Kier molecular flexibility index (Phi) is 24.9. The molecule has 2 heteroatoms. The summed E-state index contributed by atoms with van der Waals surface area (Å²) in [4.78, 5) is 0. The van der Waals surface area contributed by atoms with E-state index < -0.39 is 0 Å². The van der Waals surface area contributed by atoms with Crippen LogP contribution < -0.4 is 5.32 Å². The first-order valence-corrected chi connectivity index (χ1v) is 8.23. The molecular weight excluding hydrogens is 222 g/mol.